The van der Waals surface area contributed by atoms with Crippen LogP contribution in [0.1, 0.15) is 25.5 Å². The van der Waals surface area contributed by atoms with E-state index in [2.05, 4.69) is 5.32 Å². The molecule has 1 aromatic rings. The molecule has 5 heteroatoms. The summed E-state index contributed by atoms with van der Waals surface area (Å²) in [6.45, 7) is 3.24. The average Bonchev–Trinajstić information content (AvgIpc) is 2.15. The fraction of sp³-hybridized carbons (Fsp3) is 0.455. The largest absolute Gasteiger partial charge is 0.507 e. The van der Waals surface area contributed by atoms with Crippen LogP contribution in [0.25, 0.3) is 0 Å². The molecule has 16 heavy (non-hydrogen) atoms. The van der Waals surface area contributed by atoms with Crippen molar-refractivity contribution in [3.63, 3.8) is 0 Å². The Balaban J connectivity index is 2.95. The Labute approximate surface area is 92.7 Å². The Bertz CT molecular complexity index is 348. The minimum absolute atomic E-state index is 0.00157. The first-order valence-corrected chi connectivity index (χ1v) is 5.00. The fourth-order valence-corrected chi connectivity index (χ4v) is 1.56. The van der Waals surface area contributed by atoms with Crippen molar-refractivity contribution >= 4 is 0 Å². The number of halogens is 2. The van der Waals surface area contributed by atoms with Gasteiger partial charge >= 0.3 is 0 Å². The smallest absolute Gasteiger partial charge is 0.134 e. The van der Waals surface area contributed by atoms with Gasteiger partial charge in [-0.2, -0.15) is 0 Å². The number of rotatable bonds is 4. The third kappa shape index (κ3) is 2.90. The van der Waals surface area contributed by atoms with E-state index in [9.17, 15) is 13.9 Å². The highest BCUT2D eigenvalue weighted by molar-refractivity contribution is 5.36. The molecule has 1 rings (SSSR count). The first-order chi connectivity index (χ1) is 7.45. The van der Waals surface area contributed by atoms with Gasteiger partial charge in [0, 0.05) is 29.8 Å². The lowest BCUT2D eigenvalue weighted by atomic mass is 10.1. The number of benzene rings is 1. The van der Waals surface area contributed by atoms with Crippen molar-refractivity contribution in [2.45, 2.75) is 25.9 Å². The molecule has 0 fully saturated rings. The van der Waals surface area contributed by atoms with Crippen molar-refractivity contribution in [2.24, 2.45) is 0 Å². The minimum atomic E-state index is -0.818. The van der Waals surface area contributed by atoms with Crippen LogP contribution >= 0.6 is 0 Å². The molecule has 0 spiro atoms. The molecule has 3 nitrogen and oxygen atoms in total. The summed E-state index contributed by atoms with van der Waals surface area (Å²) in [6.07, 6.45) is 0. The van der Waals surface area contributed by atoms with Crippen LogP contribution in [0.4, 0.5) is 8.78 Å². The van der Waals surface area contributed by atoms with Crippen molar-refractivity contribution in [3.8, 4) is 5.75 Å². The van der Waals surface area contributed by atoms with Crippen LogP contribution in [-0.2, 0) is 0 Å². The summed E-state index contributed by atoms with van der Waals surface area (Å²) in [4.78, 5) is 0. The van der Waals surface area contributed by atoms with E-state index in [0.29, 0.717) is 0 Å². The number of phenols is 1. The van der Waals surface area contributed by atoms with Gasteiger partial charge in [-0.1, -0.05) is 0 Å². The Morgan fingerprint density at radius 1 is 1.31 bits per heavy atom. The van der Waals surface area contributed by atoms with Gasteiger partial charge in [0.1, 0.15) is 17.4 Å². The van der Waals surface area contributed by atoms with E-state index in [4.69, 9.17) is 5.11 Å². The topological polar surface area (TPSA) is 52.5 Å². The summed E-state index contributed by atoms with van der Waals surface area (Å²) in [5, 5.41) is 21.2. The molecule has 0 aromatic heterocycles. The van der Waals surface area contributed by atoms with Gasteiger partial charge in [0.2, 0.25) is 0 Å². The first kappa shape index (κ1) is 12.9. The molecule has 3 N–H and O–H groups in total. The number of aromatic hydroxyl groups is 1. The van der Waals surface area contributed by atoms with Crippen molar-refractivity contribution in [1.29, 1.82) is 0 Å². The van der Waals surface area contributed by atoms with Gasteiger partial charge < -0.3 is 15.5 Å². The Kier molecular flexibility index (Phi) is 4.20. The van der Waals surface area contributed by atoms with Gasteiger partial charge in [0.05, 0.1) is 6.61 Å². The van der Waals surface area contributed by atoms with Crippen molar-refractivity contribution in [1.82, 2.24) is 5.32 Å². The van der Waals surface area contributed by atoms with Gasteiger partial charge in [-0.25, -0.2) is 8.78 Å². The van der Waals surface area contributed by atoms with E-state index in [1.165, 1.54) is 0 Å². The molecular weight excluding hydrogens is 216 g/mol. The molecule has 0 amide bonds. The maximum atomic E-state index is 13.4. The van der Waals surface area contributed by atoms with Crippen LogP contribution in [0.2, 0.25) is 0 Å². The average molecular weight is 231 g/mol. The van der Waals surface area contributed by atoms with Gasteiger partial charge in [-0.3, -0.25) is 0 Å². The summed E-state index contributed by atoms with van der Waals surface area (Å²) in [7, 11) is 0. The number of aliphatic hydroxyl groups excluding tert-OH is 1. The quantitative estimate of drug-likeness (QED) is 0.739. The fourth-order valence-electron chi connectivity index (χ4n) is 1.56. The van der Waals surface area contributed by atoms with E-state index in [-0.39, 0.29) is 18.2 Å². The van der Waals surface area contributed by atoms with Crippen LogP contribution in [-0.4, -0.2) is 22.9 Å². The molecule has 0 saturated heterocycles. The molecule has 1 unspecified atom stereocenters. The zero-order chi connectivity index (χ0) is 12.3. The number of hydrogen-bond acceptors (Lipinski definition) is 3. The number of nitrogens with one attached hydrogen (secondary N) is 1. The summed E-state index contributed by atoms with van der Waals surface area (Å²) in [5.74, 6) is -2.05. The summed E-state index contributed by atoms with van der Waals surface area (Å²) in [6, 6.07) is 0.832. The molecule has 1 aromatic carbocycles. The highest BCUT2D eigenvalue weighted by Crippen LogP contribution is 2.28. The molecule has 0 aliphatic heterocycles. The Hall–Kier alpha value is -1.20. The number of phenolic OH excluding ortho intramolecular Hbond substituents is 1. The van der Waals surface area contributed by atoms with Gasteiger partial charge in [0.15, 0.2) is 0 Å². The molecule has 0 bridgehead atoms. The predicted molar refractivity (Wildman–Crippen MR) is 56.1 cm³/mol. The molecule has 0 saturated carbocycles. The van der Waals surface area contributed by atoms with Crippen molar-refractivity contribution < 1.29 is 19.0 Å². The van der Waals surface area contributed by atoms with E-state index in [1.807, 2.05) is 0 Å². The maximum absolute atomic E-state index is 13.4. The summed E-state index contributed by atoms with van der Waals surface area (Å²) in [5.41, 5.74) is 0.00157. The lowest BCUT2D eigenvalue weighted by Crippen LogP contribution is -2.32. The highest BCUT2D eigenvalue weighted by Gasteiger charge is 2.18. The minimum Gasteiger partial charge on any atom is -0.507 e. The second-order valence-electron chi connectivity index (χ2n) is 3.79. The van der Waals surface area contributed by atoms with E-state index in [1.54, 1.807) is 13.8 Å². The van der Waals surface area contributed by atoms with Gasteiger partial charge in [0.25, 0.3) is 0 Å². The SMILES string of the molecule is CC(N[C@@H](C)CO)c1c(O)cc(F)cc1F. The molecule has 0 radical (unpaired) electrons. The van der Waals surface area contributed by atoms with Crippen LogP contribution in [0.15, 0.2) is 12.1 Å². The van der Waals surface area contributed by atoms with Crippen LogP contribution < -0.4 is 5.32 Å². The number of aliphatic hydroxyl groups is 1. The summed E-state index contributed by atoms with van der Waals surface area (Å²) < 4.78 is 26.2. The normalized spacial score (nSPS) is 14.8. The zero-order valence-corrected chi connectivity index (χ0v) is 9.17. The van der Waals surface area contributed by atoms with E-state index in [0.717, 1.165) is 12.1 Å². The van der Waals surface area contributed by atoms with Crippen LogP contribution in [0.3, 0.4) is 0 Å². The zero-order valence-electron chi connectivity index (χ0n) is 9.17. The predicted octanol–water partition coefficient (Wildman–Crippen LogP) is 1.70. The highest BCUT2D eigenvalue weighted by atomic mass is 19.1. The van der Waals surface area contributed by atoms with Crippen molar-refractivity contribution in [2.75, 3.05) is 6.61 Å². The van der Waals surface area contributed by atoms with E-state index >= 15 is 0 Å². The molecule has 0 aliphatic carbocycles. The molecule has 0 heterocycles. The second-order valence-corrected chi connectivity index (χ2v) is 3.79. The van der Waals surface area contributed by atoms with Crippen LogP contribution in [0, 0.1) is 11.6 Å². The lowest BCUT2D eigenvalue weighted by Gasteiger charge is -2.20. The molecule has 2 atom stereocenters. The van der Waals surface area contributed by atoms with Crippen LogP contribution in [0.5, 0.6) is 5.75 Å². The number of hydrogen-bond donors (Lipinski definition) is 3. The monoisotopic (exact) mass is 231 g/mol. The molecular formula is C11H15F2NO2. The third-order valence-corrected chi connectivity index (χ3v) is 2.31. The Morgan fingerprint density at radius 3 is 2.44 bits per heavy atom. The van der Waals surface area contributed by atoms with Crippen molar-refractivity contribution in [3.05, 3.63) is 29.3 Å². The maximum Gasteiger partial charge on any atom is 0.134 e. The van der Waals surface area contributed by atoms with Gasteiger partial charge in [-0.05, 0) is 13.8 Å². The third-order valence-electron chi connectivity index (χ3n) is 2.31. The van der Waals surface area contributed by atoms with E-state index < -0.39 is 23.4 Å². The second kappa shape index (κ2) is 5.23. The molecule has 90 valence electrons. The molecule has 0 aliphatic rings. The first-order valence-electron chi connectivity index (χ1n) is 5.00. The van der Waals surface area contributed by atoms with Gasteiger partial charge in [-0.15, -0.1) is 0 Å². The Morgan fingerprint density at radius 2 is 1.94 bits per heavy atom. The standard InChI is InChI=1S/C11H15F2NO2/c1-6(5-15)14-7(2)11-9(13)3-8(12)4-10(11)16/h3-4,6-7,14-16H,5H2,1-2H3/t6-,7?/m0/s1. The summed E-state index contributed by atoms with van der Waals surface area (Å²) >= 11 is 0. The lowest BCUT2D eigenvalue weighted by molar-refractivity contribution is 0.241.